The van der Waals surface area contributed by atoms with Crippen molar-refractivity contribution in [1.29, 1.82) is 0 Å². The zero-order chi connectivity index (χ0) is 13.4. The predicted molar refractivity (Wildman–Crippen MR) is 77.2 cm³/mol. The normalized spacial score (nSPS) is 16.9. The van der Waals surface area contributed by atoms with E-state index < -0.39 is 0 Å². The van der Waals surface area contributed by atoms with E-state index in [0.29, 0.717) is 20.9 Å². The quantitative estimate of drug-likeness (QED) is 0.880. The summed E-state index contributed by atoms with van der Waals surface area (Å²) in [5.74, 6) is 0. The summed E-state index contributed by atoms with van der Waals surface area (Å²) in [6.07, 6.45) is 3.43. The molecule has 1 aromatic carbocycles. The first kappa shape index (κ1) is 12.9. The lowest BCUT2D eigenvalue weighted by molar-refractivity contribution is 0.359. The first-order valence-corrected chi connectivity index (χ1v) is 6.99. The maximum atomic E-state index is 12.6. The highest BCUT2D eigenvalue weighted by Gasteiger charge is 2.19. The van der Waals surface area contributed by atoms with Gasteiger partial charge in [0.25, 0.3) is 5.56 Å². The van der Waals surface area contributed by atoms with Gasteiger partial charge in [-0.25, -0.2) is 4.98 Å². The van der Waals surface area contributed by atoms with Crippen molar-refractivity contribution in [2.45, 2.75) is 18.9 Å². The molecule has 6 heteroatoms. The van der Waals surface area contributed by atoms with E-state index in [1.807, 2.05) is 0 Å². The summed E-state index contributed by atoms with van der Waals surface area (Å²) in [5.41, 5.74) is 0.369. The van der Waals surface area contributed by atoms with E-state index in [-0.39, 0.29) is 11.6 Å². The summed E-state index contributed by atoms with van der Waals surface area (Å²) in [4.78, 5) is 16.9. The van der Waals surface area contributed by atoms with Crippen molar-refractivity contribution in [2.75, 3.05) is 13.1 Å². The highest BCUT2D eigenvalue weighted by Crippen LogP contribution is 2.26. The predicted octanol–water partition coefficient (Wildman–Crippen LogP) is 2.63. The molecule has 0 unspecified atom stereocenters. The van der Waals surface area contributed by atoms with Gasteiger partial charge in [0.15, 0.2) is 0 Å². The number of halogens is 2. The fraction of sp³-hybridized carbons (Fsp3) is 0.385. The monoisotopic (exact) mass is 297 g/mol. The molecule has 0 amide bonds. The Bertz CT molecular complexity index is 677. The van der Waals surface area contributed by atoms with Gasteiger partial charge in [-0.1, -0.05) is 23.2 Å². The Morgan fingerprint density at radius 3 is 2.63 bits per heavy atom. The zero-order valence-electron chi connectivity index (χ0n) is 10.2. The molecule has 4 nitrogen and oxygen atoms in total. The van der Waals surface area contributed by atoms with Gasteiger partial charge in [-0.05, 0) is 38.1 Å². The molecule has 19 heavy (non-hydrogen) atoms. The summed E-state index contributed by atoms with van der Waals surface area (Å²) < 4.78 is 1.69. The number of rotatable bonds is 1. The van der Waals surface area contributed by atoms with Gasteiger partial charge in [0.2, 0.25) is 0 Å². The second-order valence-corrected chi connectivity index (χ2v) is 5.51. The van der Waals surface area contributed by atoms with Gasteiger partial charge in [-0.3, -0.25) is 9.36 Å². The van der Waals surface area contributed by atoms with Gasteiger partial charge in [-0.2, -0.15) is 0 Å². The van der Waals surface area contributed by atoms with Crippen LogP contribution in [0.2, 0.25) is 10.0 Å². The Labute approximate surface area is 120 Å². The van der Waals surface area contributed by atoms with Gasteiger partial charge in [0.1, 0.15) is 0 Å². The van der Waals surface area contributed by atoms with E-state index in [4.69, 9.17) is 23.2 Å². The molecule has 3 rings (SSSR count). The lowest BCUT2D eigenvalue weighted by Gasteiger charge is -2.24. The van der Waals surface area contributed by atoms with Crippen LogP contribution in [-0.4, -0.2) is 22.6 Å². The summed E-state index contributed by atoms with van der Waals surface area (Å²) in [6, 6.07) is 3.48. The Hall–Kier alpha value is -1.10. The van der Waals surface area contributed by atoms with Crippen molar-refractivity contribution in [2.24, 2.45) is 0 Å². The van der Waals surface area contributed by atoms with Crippen LogP contribution in [0.5, 0.6) is 0 Å². The number of aromatic nitrogens is 2. The first-order chi connectivity index (χ1) is 9.18. The summed E-state index contributed by atoms with van der Waals surface area (Å²) in [6.45, 7) is 1.83. The van der Waals surface area contributed by atoms with E-state index >= 15 is 0 Å². The minimum atomic E-state index is -0.107. The molecule has 0 bridgehead atoms. The van der Waals surface area contributed by atoms with E-state index in [1.165, 1.54) is 0 Å². The van der Waals surface area contributed by atoms with Gasteiger partial charge >= 0.3 is 0 Å². The maximum Gasteiger partial charge on any atom is 0.263 e. The number of nitrogens with one attached hydrogen (secondary N) is 1. The molecule has 2 heterocycles. The van der Waals surface area contributed by atoms with Crippen molar-refractivity contribution in [3.05, 3.63) is 38.9 Å². The molecule has 0 spiro atoms. The lowest BCUT2D eigenvalue weighted by atomic mass is 10.1. The Kier molecular flexibility index (Phi) is 3.48. The topological polar surface area (TPSA) is 46.9 Å². The molecule has 1 saturated heterocycles. The van der Waals surface area contributed by atoms with Gasteiger partial charge in [-0.15, -0.1) is 0 Å². The Morgan fingerprint density at radius 1 is 1.21 bits per heavy atom. The number of hydrogen-bond acceptors (Lipinski definition) is 3. The second-order valence-electron chi connectivity index (χ2n) is 4.69. The van der Waals surface area contributed by atoms with Crippen LogP contribution in [0.4, 0.5) is 0 Å². The molecule has 0 atom stereocenters. The highest BCUT2D eigenvalue weighted by atomic mass is 35.5. The molecule has 1 aliphatic heterocycles. The third-order valence-corrected chi connectivity index (χ3v) is 4.16. The standard InChI is InChI=1S/C13H13Cl2N3O/c14-9-1-2-10(15)12-11(9)13(19)18(7-17-12)8-3-5-16-6-4-8/h1-2,7-8,16H,3-6H2. The van der Waals surface area contributed by atoms with Crippen LogP contribution >= 0.6 is 23.2 Å². The van der Waals surface area contributed by atoms with Crippen molar-refractivity contribution in [3.63, 3.8) is 0 Å². The van der Waals surface area contributed by atoms with Crippen LogP contribution in [0, 0.1) is 0 Å². The molecular weight excluding hydrogens is 285 g/mol. The van der Waals surface area contributed by atoms with E-state index in [9.17, 15) is 4.79 Å². The SMILES string of the molecule is O=c1c2c(Cl)ccc(Cl)c2ncn1C1CCNCC1. The largest absolute Gasteiger partial charge is 0.317 e. The molecule has 1 N–H and O–H groups in total. The van der Waals surface area contributed by atoms with Crippen molar-refractivity contribution >= 4 is 34.1 Å². The van der Waals surface area contributed by atoms with Crippen molar-refractivity contribution < 1.29 is 0 Å². The molecule has 0 saturated carbocycles. The molecule has 100 valence electrons. The average molecular weight is 298 g/mol. The fourth-order valence-corrected chi connectivity index (χ4v) is 2.96. The Balaban J connectivity index is 2.20. The molecule has 1 aliphatic rings. The second kappa shape index (κ2) is 5.12. The fourth-order valence-electron chi connectivity index (χ4n) is 2.52. The van der Waals surface area contributed by atoms with Crippen molar-refractivity contribution in [3.8, 4) is 0 Å². The summed E-state index contributed by atoms with van der Waals surface area (Å²) in [5, 5.41) is 4.55. The molecule has 1 fully saturated rings. The Morgan fingerprint density at radius 2 is 1.89 bits per heavy atom. The third kappa shape index (κ3) is 2.24. The number of piperidine rings is 1. The molecular formula is C13H13Cl2N3O. The highest BCUT2D eigenvalue weighted by molar-refractivity contribution is 6.39. The molecule has 0 radical (unpaired) electrons. The lowest BCUT2D eigenvalue weighted by Crippen LogP contribution is -2.34. The van der Waals surface area contributed by atoms with Crippen molar-refractivity contribution in [1.82, 2.24) is 14.9 Å². The molecule has 1 aromatic heterocycles. The van der Waals surface area contributed by atoms with E-state index in [0.717, 1.165) is 25.9 Å². The maximum absolute atomic E-state index is 12.6. The number of nitrogens with zero attached hydrogens (tertiary/aromatic N) is 2. The number of benzene rings is 1. The van der Waals surface area contributed by atoms with E-state index in [1.54, 1.807) is 23.0 Å². The van der Waals surface area contributed by atoms with Gasteiger partial charge in [0.05, 0.1) is 27.3 Å². The van der Waals surface area contributed by atoms with E-state index in [2.05, 4.69) is 10.3 Å². The van der Waals surface area contributed by atoms with Crippen LogP contribution in [0.3, 0.4) is 0 Å². The van der Waals surface area contributed by atoms with Crippen LogP contribution in [-0.2, 0) is 0 Å². The van der Waals surface area contributed by atoms with Crippen LogP contribution in [0.1, 0.15) is 18.9 Å². The summed E-state index contributed by atoms with van der Waals surface area (Å²) in [7, 11) is 0. The third-order valence-electron chi connectivity index (χ3n) is 3.54. The van der Waals surface area contributed by atoms with Crippen LogP contribution < -0.4 is 10.9 Å². The zero-order valence-corrected chi connectivity index (χ0v) is 11.7. The first-order valence-electron chi connectivity index (χ1n) is 6.24. The number of hydrogen-bond donors (Lipinski definition) is 1. The average Bonchev–Trinajstić information content (AvgIpc) is 2.44. The molecule has 0 aliphatic carbocycles. The molecule has 2 aromatic rings. The van der Waals surface area contributed by atoms with Gasteiger partial charge in [0, 0.05) is 6.04 Å². The smallest absolute Gasteiger partial charge is 0.263 e. The van der Waals surface area contributed by atoms with Crippen LogP contribution in [0.15, 0.2) is 23.3 Å². The number of fused-ring (bicyclic) bond motifs is 1. The van der Waals surface area contributed by atoms with Gasteiger partial charge < -0.3 is 5.32 Å². The summed E-state index contributed by atoms with van der Waals surface area (Å²) >= 11 is 12.2. The minimum Gasteiger partial charge on any atom is -0.317 e. The van der Waals surface area contributed by atoms with Crippen LogP contribution in [0.25, 0.3) is 10.9 Å². The minimum absolute atomic E-state index is 0.107.